The van der Waals surface area contributed by atoms with E-state index in [0.29, 0.717) is 40.7 Å². The molecule has 0 spiro atoms. The number of carbonyl (C=O) groups is 1. The van der Waals surface area contributed by atoms with E-state index in [-0.39, 0.29) is 5.91 Å². The first kappa shape index (κ1) is 16.5. The van der Waals surface area contributed by atoms with Crippen molar-refractivity contribution in [2.45, 2.75) is 19.8 Å². The van der Waals surface area contributed by atoms with Crippen LogP contribution in [0.25, 0.3) is 16.6 Å². The van der Waals surface area contributed by atoms with Gasteiger partial charge >= 0.3 is 0 Å². The van der Waals surface area contributed by atoms with E-state index in [1.807, 2.05) is 19.2 Å². The molecule has 0 unspecified atom stereocenters. The summed E-state index contributed by atoms with van der Waals surface area (Å²) >= 11 is 0. The molecule has 5 rings (SSSR count). The first-order chi connectivity index (χ1) is 13.6. The Labute approximate surface area is 160 Å². The molecule has 0 radical (unpaired) electrons. The maximum absolute atomic E-state index is 12.9. The second-order valence-corrected chi connectivity index (χ2v) is 7.18. The molecule has 28 heavy (non-hydrogen) atoms. The molecule has 1 fully saturated rings. The predicted molar refractivity (Wildman–Crippen MR) is 104 cm³/mol. The zero-order valence-corrected chi connectivity index (χ0v) is 15.3. The summed E-state index contributed by atoms with van der Waals surface area (Å²) in [5, 5.41) is 12.2. The van der Waals surface area contributed by atoms with Crippen LogP contribution in [-0.4, -0.2) is 37.0 Å². The number of ether oxygens (including phenoxy) is 1. The van der Waals surface area contributed by atoms with Crippen molar-refractivity contribution in [3.63, 3.8) is 0 Å². The van der Waals surface area contributed by atoms with Crippen molar-refractivity contribution in [2.75, 3.05) is 17.8 Å². The summed E-state index contributed by atoms with van der Waals surface area (Å²) in [5.41, 5.74) is 3.13. The summed E-state index contributed by atoms with van der Waals surface area (Å²) in [4.78, 5) is 18.5. The Morgan fingerprint density at radius 1 is 1.32 bits per heavy atom. The van der Waals surface area contributed by atoms with Gasteiger partial charge in [-0.3, -0.25) is 4.79 Å². The van der Waals surface area contributed by atoms with Crippen molar-refractivity contribution >= 4 is 28.1 Å². The monoisotopic (exact) mass is 377 g/mol. The van der Waals surface area contributed by atoms with E-state index in [4.69, 9.17) is 10.6 Å². The van der Waals surface area contributed by atoms with Gasteiger partial charge in [-0.25, -0.2) is 9.50 Å². The minimum Gasteiger partial charge on any atom is -0.491 e. The molecule has 1 aliphatic carbocycles. The normalized spacial score (nSPS) is 13.9. The van der Waals surface area contributed by atoms with E-state index >= 15 is 0 Å². The summed E-state index contributed by atoms with van der Waals surface area (Å²) in [5.74, 6) is 6.59. The number of nitrogen functional groups attached to an aromatic ring is 1. The summed E-state index contributed by atoms with van der Waals surface area (Å²) in [6, 6.07) is 3.61. The number of rotatable bonds is 5. The second-order valence-electron chi connectivity index (χ2n) is 7.18. The number of fused-ring (bicyclic) bond motifs is 2. The molecule has 9 heteroatoms. The fourth-order valence-electron chi connectivity index (χ4n) is 3.10. The molecule has 3 N–H and O–H groups in total. The number of nitrogens with one attached hydrogen (secondary N) is 1. The highest BCUT2D eigenvalue weighted by atomic mass is 16.5. The van der Waals surface area contributed by atoms with Gasteiger partial charge in [0.25, 0.3) is 5.91 Å². The van der Waals surface area contributed by atoms with Crippen LogP contribution in [0.3, 0.4) is 0 Å². The average Bonchev–Trinajstić information content (AvgIpc) is 3.28. The lowest BCUT2D eigenvalue weighted by Gasteiger charge is -2.12. The molecule has 0 bridgehead atoms. The van der Waals surface area contributed by atoms with E-state index in [1.54, 1.807) is 23.0 Å². The maximum atomic E-state index is 12.9. The third kappa shape index (κ3) is 3.00. The molecule has 3 heterocycles. The first-order valence-electron chi connectivity index (χ1n) is 9.09. The molecule has 1 aromatic carbocycles. The largest absolute Gasteiger partial charge is 0.491 e. The van der Waals surface area contributed by atoms with Gasteiger partial charge in [0, 0.05) is 23.8 Å². The van der Waals surface area contributed by atoms with Gasteiger partial charge in [0.15, 0.2) is 5.65 Å². The molecule has 3 aromatic heterocycles. The molecule has 0 saturated heterocycles. The van der Waals surface area contributed by atoms with Crippen molar-refractivity contribution in [3.8, 4) is 5.75 Å². The highest BCUT2D eigenvalue weighted by molar-refractivity contribution is 6.09. The molecule has 9 nitrogen and oxygen atoms in total. The number of hydrogen-bond acceptors (Lipinski definition) is 6. The zero-order valence-electron chi connectivity index (χ0n) is 15.3. The van der Waals surface area contributed by atoms with E-state index in [2.05, 4.69) is 20.5 Å². The summed E-state index contributed by atoms with van der Waals surface area (Å²) in [6.07, 6.45) is 9.09. The van der Waals surface area contributed by atoms with Gasteiger partial charge < -0.3 is 15.9 Å². The summed E-state index contributed by atoms with van der Waals surface area (Å²) in [7, 11) is 0. The molecule has 1 aliphatic rings. The Kier molecular flexibility index (Phi) is 3.68. The molecule has 0 atom stereocenters. The van der Waals surface area contributed by atoms with Crippen molar-refractivity contribution < 1.29 is 9.53 Å². The van der Waals surface area contributed by atoms with Gasteiger partial charge in [-0.1, -0.05) is 0 Å². The Hall–Kier alpha value is -3.62. The summed E-state index contributed by atoms with van der Waals surface area (Å²) in [6.45, 7) is 2.54. The molecule has 4 aromatic rings. The lowest BCUT2D eigenvalue weighted by Crippen LogP contribution is -2.13. The standard InChI is InChI=1S/C19H19N7O2/c1-11-6-21-18-14(7-22-25(18)8-11)19(27)23-16-4-13-9-26(20)24-15(13)5-17(16)28-10-12-2-3-12/h4-9,12H,2-3,10,20H2,1H3,(H,23,27). The van der Waals surface area contributed by atoms with Crippen LogP contribution in [0.1, 0.15) is 28.8 Å². The van der Waals surface area contributed by atoms with Crippen molar-refractivity contribution in [1.82, 2.24) is 24.5 Å². The van der Waals surface area contributed by atoms with Crippen LogP contribution in [-0.2, 0) is 0 Å². The van der Waals surface area contributed by atoms with Gasteiger partial charge in [-0.15, -0.1) is 0 Å². The topological polar surface area (TPSA) is 112 Å². The van der Waals surface area contributed by atoms with Crippen LogP contribution in [0, 0.1) is 12.8 Å². The highest BCUT2D eigenvalue weighted by Crippen LogP contribution is 2.34. The molecule has 142 valence electrons. The number of hydrogen-bond donors (Lipinski definition) is 2. The minimum absolute atomic E-state index is 0.304. The Morgan fingerprint density at radius 3 is 3.00 bits per heavy atom. The number of amides is 1. The van der Waals surface area contributed by atoms with E-state index in [9.17, 15) is 4.79 Å². The lowest BCUT2D eigenvalue weighted by atomic mass is 10.2. The van der Waals surface area contributed by atoms with Crippen LogP contribution in [0.5, 0.6) is 5.75 Å². The molecule has 1 saturated carbocycles. The number of carbonyl (C=O) groups excluding carboxylic acids is 1. The molecular weight excluding hydrogens is 358 g/mol. The van der Waals surface area contributed by atoms with Crippen molar-refractivity contribution in [3.05, 3.63) is 48.0 Å². The van der Waals surface area contributed by atoms with Crippen molar-refractivity contribution in [1.29, 1.82) is 0 Å². The predicted octanol–water partition coefficient (Wildman–Crippen LogP) is 2.14. The van der Waals surface area contributed by atoms with Gasteiger partial charge in [0.2, 0.25) is 0 Å². The van der Waals surface area contributed by atoms with E-state index in [0.717, 1.165) is 10.9 Å². The van der Waals surface area contributed by atoms with Gasteiger partial charge in [0.05, 0.1) is 30.2 Å². The number of anilines is 1. The Balaban J connectivity index is 1.49. The van der Waals surface area contributed by atoms with Crippen LogP contribution in [0.4, 0.5) is 5.69 Å². The highest BCUT2D eigenvalue weighted by Gasteiger charge is 2.23. The average molecular weight is 377 g/mol. The van der Waals surface area contributed by atoms with Gasteiger partial charge in [-0.2, -0.15) is 15.0 Å². The molecule has 1 amide bonds. The number of nitrogens with two attached hydrogens (primary N) is 1. The zero-order chi connectivity index (χ0) is 19.3. The van der Waals surface area contributed by atoms with Gasteiger partial charge in [0.1, 0.15) is 11.3 Å². The van der Waals surface area contributed by atoms with E-state index < -0.39 is 0 Å². The summed E-state index contributed by atoms with van der Waals surface area (Å²) < 4.78 is 7.55. The molecule has 0 aliphatic heterocycles. The third-order valence-corrected chi connectivity index (χ3v) is 4.77. The van der Waals surface area contributed by atoms with Crippen LogP contribution < -0.4 is 15.9 Å². The third-order valence-electron chi connectivity index (χ3n) is 4.77. The SMILES string of the molecule is Cc1cnc2c(C(=O)Nc3cc4cn(N)nc4cc3OCC3CC3)cnn2c1. The number of benzene rings is 1. The molecular formula is C19H19N7O2. The van der Waals surface area contributed by atoms with E-state index in [1.165, 1.54) is 23.8 Å². The maximum Gasteiger partial charge on any atom is 0.261 e. The Bertz CT molecular complexity index is 1210. The van der Waals surface area contributed by atoms with Crippen molar-refractivity contribution in [2.24, 2.45) is 5.92 Å². The smallest absolute Gasteiger partial charge is 0.261 e. The first-order valence-corrected chi connectivity index (χ1v) is 9.09. The van der Waals surface area contributed by atoms with Crippen LogP contribution in [0.15, 0.2) is 36.9 Å². The Morgan fingerprint density at radius 2 is 2.18 bits per heavy atom. The second kappa shape index (κ2) is 6.22. The fraction of sp³-hybridized carbons (Fsp3) is 0.263. The number of nitrogens with zero attached hydrogens (tertiary/aromatic N) is 5. The number of aryl methyl sites for hydroxylation is 1. The van der Waals surface area contributed by atoms with Crippen LogP contribution >= 0.6 is 0 Å². The lowest BCUT2D eigenvalue weighted by molar-refractivity contribution is 0.102. The number of aromatic nitrogens is 5. The quantitative estimate of drug-likeness (QED) is 0.515. The minimum atomic E-state index is -0.304. The van der Waals surface area contributed by atoms with Gasteiger partial charge in [-0.05, 0) is 37.3 Å². The fourth-order valence-corrected chi connectivity index (χ4v) is 3.10. The van der Waals surface area contributed by atoms with Crippen LogP contribution in [0.2, 0.25) is 0 Å².